The minimum atomic E-state index is -0.223. The minimum absolute atomic E-state index is 0.110. The molecule has 1 aliphatic heterocycles. The van der Waals surface area contributed by atoms with Gasteiger partial charge in [0.2, 0.25) is 0 Å². The Labute approximate surface area is 89.2 Å². The molecule has 1 aliphatic rings. The van der Waals surface area contributed by atoms with E-state index in [1.807, 2.05) is 6.07 Å². The second kappa shape index (κ2) is 4.73. The van der Waals surface area contributed by atoms with Crippen molar-refractivity contribution in [3.63, 3.8) is 0 Å². The molecular formula is C12H16FNO. The maximum absolute atomic E-state index is 13.0. The van der Waals surface area contributed by atoms with Gasteiger partial charge in [-0.05, 0) is 30.5 Å². The van der Waals surface area contributed by atoms with E-state index in [1.54, 1.807) is 6.07 Å². The lowest BCUT2D eigenvalue weighted by Gasteiger charge is -2.27. The lowest BCUT2D eigenvalue weighted by Crippen LogP contribution is -2.29. The number of hydrogen-bond donors (Lipinski definition) is 1. The molecule has 2 unspecified atom stereocenters. The summed E-state index contributed by atoms with van der Waals surface area (Å²) in [5.41, 5.74) is 6.96. The Balaban J connectivity index is 2.08. The Hall–Kier alpha value is -0.930. The molecule has 2 N–H and O–H groups in total. The summed E-state index contributed by atoms with van der Waals surface area (Å²) in [6.45, 7) is 1.52. The highest BCUT2D eigenvalue weighted by atomic mass is 19.1. The fourth-order valence-electron chi connectivity index (χ4n) is 2.03. The van der Waals surface area contributed by atoms with Crippen molar-refractivity contribution in [1.82, 2.24) is 0 Å². The van der Waals surface area contributed by atoms with Crippen LogP contribution in [0.5, 0.6) is 0 Å². The maximum Gasteiger partial charge on any atom is 0.123 e. The molecule has 0 bridgehead atoms. The van der Waals surface area contributed by atoms with Crippen LogP contribution in [-0.4, -0.2) is 13.2 Å². The topological polar surface area (TPSA) is 35.2 Å². The van der Waals surface area contributed by atoms with Crippen LogP contribution >= 0.6 is 0 Å². The van der Waals surface area contributed by atoms with Crippen molar-refractivity contribution in [2.24, 2.45) is 11.7 Å². The van der Waals surface area contributed by atoms with Crippen molar-refractivity contribution in [3.8, 4) is 0 Å². The van der Waals surface area contributed by atoms with Crippen LogP contribution in [0.1, 0.15) is 24.4 Å². The zero-order chi connectivity index (χ0) is 10.7. The molecule has 0 saturated carbocycles. The first-order valence-electron chi connectivity index (χ1n) is 5.36. The molecule has 1 aromatic carbocycles. The highest BCUT2D eigenvalue weighted by molar-refractivity contribution is 5.20. The number of halogens is 1. The lowest BCUT2D eigenvalue weighted by molar-refractivity contribution is 0.0447. The van der Waals surface area contributed by atoms with E-state index in [1.165, 1.54) is 12.1 Å². The molecule has 3 heteroatoms. The number of hydrogen-bond acceptors (Lipinski definition) is 2. The van der Waals surface area contributed by atoms with E-state index in [-0.39, 0.29) is 11.9 Å². The highest BCUT2D eigenvalue weighted by Gasteiger charge is 2.22. The predicted molar refractivity (Wildman–Crippen MR) is 56.9 cm³/mol. The molecule has 1 fully saturated rings. The molecule has 0 aliphatic carbocycles. The highest BCUT2D eigenvalue weighted by Crippen LogP contribution is 2.26. The van der Waals surface area contributed by atoms with Gasteiger partial charge in [0.25, 0.3) is 0 Å². The van der Waals surface area contributed by atoms with Gasteiger partial charge in [-0.1, -0.05) is 12.1 Å². The fourth-order valence-corrected chi connectivity index (χ4v) is 2.03. The van der Waals surface area contributed by atoms with E-state index in [0.717, 1.165) is 25.0 Å². The fraction of sp³-hybridized carbons (Fsp3) is 0.500. The third kappa shape index (κ3) is 2.55. The van der Waals surface area contributed by atoms with E-state index in [9.17, 15) is 4.39 Å². The smallest absolute Gasteiger partial charge is 0.123 e. The van der Waals surface area contributed by atoms with E-state index >= 15 is 0 Å². The Morgan fingerprint density at radius 1 is 1.47 bits per heavy atom. The van der Waals surface area contributed by atoms with E-state index in [2.05, 4.69) is 0 Å². The normalized spacial score (nSPS) is 23.7. The summed E-state index contributed by atoms with van der Waals surface area (Å²) >= 11 is 0. The number of rotatable bonds is 2. The zero-order valence-electron chi connectivity index (χ0n) is 8.66. The average Bonchev–Trinajstić information content (AvgIpc) is 2.29. The molecule has 0 amide bonds. The molecule has 82 valence electrons. The van der Waals surface area contributed by atoms with Crippen LogP contribution in [0.4, 0.5) is 4.39 Å². The van der Waals surface area contributed by atoms with Crippen molar-refractivity contribution in [2.75, 3.05) is 13.2 Å². The summed E-state index contributed by atoms with van der Waals surface area (Å²) in [7, 11) is 0. The molecule has 15 heavy (non-hydrogen) atoms. The first-order chi connectivity index (χ1) is 7.27. The van der Waals surface area contributed by atoms with E-state index < -0.39 is 0 Å². The van der Waals surface area contributed by atoms with Gasteiger partial charge in [-0.25, -0.2) is 4.39 Å². The van der Waals surface area contributed by atoms with Crippen molar-refractivity contribution in [3.05, 3.63) is 35.6 Å². The third-order valence-electron chi connectivity index (χ3n) is 2.94. The number of ether oxygens (including phenoxy) is 1. The molecule has 0 aromatic heterocycles. The SMILES string of the molecule is NC(c1cccc(F)c1)C1CCCOC1. The van der Waals surface area contributed by atoms with Crippen LogP contribution in [0.15, 0.2) is 24.3 Å². The molecule has 2 atom stereocenters. The minimum Gasteiger partial charge on any atom is -0.381 e. The van der Waals surface area contributed by atoms with Crippen molar-refractivity contribution in [1.29, 1.82) is 0 Å². The maximum atomic E-state index is 13.0. The summed E-state index contributed by atoms with van der Waals surface area (Å²) in [5.74, 6) is 0.0974. The van der Waals surface area contributed by atoms with Crippen LogP contribution in [0.2, 0.25) is 0 Å². The zero-order valence-corrected chi connectivity index (χ0v) is 8.66. The molecule has 1 heterocycles. The van der Waals surface area contributed by atoms with Gasteiger partial charge in [0, 0.05) is 18.6 Å². The molecule has 0 spiro atoms. The average molecular weight is 209 g/mol. The van der Waals surface area contributed by atoms with Crippen molar-refractivity contribution < 1.29 is 9.13 Å². The quantitative estimate of drug-likeness (QED) is 0.810. The molecule has 1 aromatic rings. The van der Waals surface area contributed by atoms with Gasteiger partial charge in [0.05, 0.1) is 6.61 Å². The number of benzene rings is 1. The van der Waals surface area contributed by atoms with E-state index in [0.29, 0.717) is 12.5 Å². The van der Waals surface area contributed by atoms with Gasteiger partial charge in [-0.3, -0.25) is 0 Å². The van der Waals surface area contributed by atoms with Crippen LogP contribution in [-0.2, 0) is 4.74 Å². The standard InChI is InChI=1S/C12H16FNO/c13-11-5-1-3-9(7-11)12(14)10-4-2-6-15-8-10/h1,3,5,7,10,12H,2,4,6,8,14H2. The Morgan fingerprint density at radius 3 is 3.00 bits per heavy atom. The molecule has 2 nitrogen and oxygen atoms in total. The molecule has 2 rings (SSSR count). The first-order valence-corrected chi connectivity index (χ1v) is 5.36. The number of nitrogens with two attached hydrogens (primary N) is 1. The van der Waals surface area contributed by atoms with Gasteiger partial charge in [0.15, 0.2) is 0 Å². The molecular weight excluding hydrogens is 193 g/mol. The van der Waals surface area contributed by atoms with Gasteiger partial charge in [0.1, 0.15) is 5.82 Å². The van der Waals surface area contributed by atoms with Gasteiger partial charge in [-0.2, -0.15) is 0 Å². The Bertz CT molecular complexity index is 323. The summed E-state index contributed by atoms with van der Waals surface area (Å²) in [6, 6.07) is 6.42. The van der Waals surface area contributed by atoms with E-state index in [4.69, 9.17) is 10.5 Å². The second-order valence-electron chi connectivity index (χ2n) is 4.06. The van der Waals surface area contributed by atoms with Crippen molar-refractivity contribution >= 4 is 0 Å². The summed E-state index contributed by atoms with van der Waals surface area (Å²) < 4.78 is 18.4. The van der Waals surface area contributed by atoms with Crippen molar-refractivity contribution in [2.45, 2.75) is 18.9 Å². The first kappa shape index (κ1) is 10.6. The van der Waals surface area contributed by atoms with Gasteiger partial charge >= 0.3 is 0 Å². The summed E-state index contributed by atoms with van der Waals surface area (Å²) in [6.07, 6.45) is 2.12. The van der Waals surface area contributed by atoms with Crippen LogP contribution in [0.25, 0.3) is 0 Å². The predicted octanol–water partition coefficient (Wildman–Crippen LogP) is 2.25. The van der Waals surface area contributed by atoms with Gasteiger partial charge in [-0.15, -0.1) is 0 Å². The molecule has 1 saturated heterocycles. The summed E-state index contributed by atoms with van der Waals surface area (Å²) in [4.78, 5) is 0. The lowest BCUT2D eigenvalue weighted by atomic mass is 9.89. The van der Waals surface area contributed by atoms with Crippen LogP contribution < -0.4 is 5.73 Å². The van der Waals surface area contributed by atoms with Gasteiger partial charge < -0.3 is 10.5 Å². The summed E-state index contributed by atoms with van der Waals surface area (Å²) in [5, 5.41) is 0. The monoisotopic (exact) mass is 209 g/mol. The van der Waals surface area contributed by atoms with Crippen LogP contribution in [0, 0.1) is 11.7 Å². The second-order valence-corrected chi connectivity index (χ2v) is 4.06. The third-order valence-corrected chi connectivity index (χ3v) is 2.94. The molecule has 0 radical (unpaired) electrons. The largest absolute Gasteiger partial charge is 0.381 e. The Kier molecular flexibility index (Phi) is 3.34. The Morgan fingerprint density at radius 2 is 2.33 bits per heavy atom. The van der Waals surface area contributed by atoms with Crippen LogP contribution in [0.3, 0.4) is 0 Å².